The average Bonchev–Trinajstić information content (AvgIpc) is 2.83. The van der Waals surface area contributed by atoms with E-state index < -0.39 is 0 Å². The van der Waals surface area contributed by atoms with Gasteiger partial charge in [0, 0.05) is 0 Å². The maximum Gasteiger partial charge on any atom is -0.0178 e. The molecule has 0 aliphatic rings. The second-order valence-electron chi connectivity index (χ2n) is 10.6. The molecule has 0 saturated carbocycles. The number of benzene rings is 1. The molecule has 1 radical (unpaired) electrons. The third-order valence-corrected chi connectivity index (χ3v) is 7.42. The van der Waals surface area contributed by atoms with Crippen molar-refractivity contribution in [2.75, 3.05) is 0 Å². The molecule has 0 nitrogen and oxygen atoms in total. The van der Waals surface area contributed by atoms with E-state index in [1.54, 1.807) is 16.7 Å². The van der Waals surface area contributed by atoms with E-state index in [0.29, 0.717) is 0 Å². The highest BCUT2D eigenvalue weighted by molar-refractivity contribution is 5.35. The predicted octanol–water partition coefficient (Wildman–Crippen LogP) is 11.4. The van der Waals surface area contributed by atoms with Gasteiger partial charge in [0.2, 0.25) is 0 Å². The van der Waals surface area contributed by atoms with Gasteiger partial charge < -0.3 is 0 Å². The lowest BCUT2D eigenvalue weighted by Crippen LogP contribution is -2.02. The van der Waals surface area contributed by atoms with E-state index >= 15 is 0 Å². The highest BCUT2D eigenvalue weighted by Crippen LogP contribution is 2.23. The topological polar surface area (TPSA) is 0 Å². The molecule has 0 heteroatoms. The van der Waals surface area contributed by atoms with Crippen LogP contribution >= 0.6 is 0 Å². The highest BCUT2D eigenvalue weighted by atomic mass is 14.1. The van der Waals surface area contributed by atoms with Gasteiger partial charge in [-0.25, -0.2) is 0 Å². The molecule has 0 aromatic heterocycles. The lowest BCUT2D eigenvalue weighted by molar-refractivity contribution is 0.578. The average molecular weight is 456 g/mol. The van der Waals surface area contributed by atoms with Crippen LogP contribution in [0.2, 0.25) is 0 Å². The standard InChI is InChI=1S/C33H59/c1-4-7-10-13-16-19-22-26-31-28-25-29-32(27-23-20-17-14-11-8-5-2)33(31)30-24-21-18-15-12-9-6-3/h28-29H,4-24,26-27,30H2,1-3H3. The van der Waals surface area contributed by atoms with Gasteiger partial charge in [-0.15, -0.1) is 0 Å². The quantitative estimate of drug-likeness (QED) is 0.136. The van der Waals surface area contributed by atoms with Gasteiger partial charge in [0.15, 0.2) is 0 Å². The molecule has 0 atom stereocenters. The molecule has 0 bridgehead atoms. The molecule has 0 N–H and O–H groups in total. The molecular weight excluding hydrogens is 396 g/mol. The second-order valence-corrected chi connectivity index (χ2v) is 10.6. The van der Waals surface area contributed by atoms with Crippen molar-refractivity contribution in [2.45, 2.75) is 175 Å². The van der Waals surface area contributed by atoms with Crippen LogP contribution in [0.1, 0.15) is 172 Å². The molecule has 33 heavy (non-hydrogen) atoms. The number of unbranched alkanes of at least 4 members (excludes halogenated alkanes) is 18. The van der Waals surface area contributed by atoms with Gasteiger partial charge >= 0.3 is 0 Å². The van der Waals surface area contributed by atoms with E-state index in [0.717, 1.165) is 0 Å². The molecule has 0 aliphatic heterocycles. The first-order valence-electron chi connectivity index (χ1n) is 15.3. The minimum Gasteiger partial charge on any atom is -0.0654 e. The Balaban J connectivity index is 2.51. The molecule has 0 aliphatic carbocycles. The van der Waals surface area contributed by atoms with Crippen LogP contribution in [-0.4, -0.2) is 0 Å². The predicted molar refractivity (Wildman–Crippen MR) is 150 cm³/mol. The number of hydrogen-bond donors (Lipinski definition) is 0. The molecule has 0 amide bonds. The molecular formula is C33H59. The van der Waals surface area contributed by atoms with Crippen molar-refractivity contribution in [1.82, 2.24) is 0 Å². The number of rotatable bonds is 24. The maximum atomic E-state index is 3.53. The molecule has 1 rings (SSSR count). The van der Waals surface area contributed by atoms with Crippen molar-refractivity contribution in [3.8, 4) is 0 Å². The van der Waals surface area contributed by atoms with Gasteiger partial charge in [-0.05, 0) is 61.3 Å². The Labute approximate surface area is 209 Å². The van der Waals surface area contributed by atoms with Crippen LogP contribution in [0.5, 0.6) is 0 Å². The lowest BCUT2D eigenvalue weighted by Gasteiger charge is -2.15. The molecule has 0 saturated heterocycles. The summed E-state index contributed by atoms with van der Waals surface area (Å²) >= 11 is 0. The van der Waals surface area contributed by atoms with Crippen molar-refractivity contribution in [3.63, 3.8) is 0 Å². The van der Waals surface area contributed by atoms with Gasteiger partial charge in [-0.2, -0.15) is 0 Å². The van der Waals surface area contributed by atoms with E-state index in [1.807, 2.05) is 0 Å². The van der Waals surface area contributed by atoms with Crippen LogP contribution in [0.4, 0.5) is 0 Å². The van der Waals surface area contributed by atoms with Crippen LogP contribution in [0.15, 0.2) is 12.1 Å². The van der Waals surface area contributed by atoms with Crippen molar-refractivity contribution in [1.29, 1.82) is 0 Å². The zero-order chi connectivity index (χ0) is 23.8. The summed E-state index contributed by atoms with van der Waals surface area (Å²) < 4.78 is 0. The normalized spacial score (nSPS) is 11.4. The Bertz CT molecular complexity index is 493. The van der Waals surface area contributed by atoms with E-state index in [4.69, 9.17) is 0 Å². The summed E-state index contributed by atoms with van der Waals surface area (Å²) in [6.45, 7) is 6.93. The van der Waals surface area contributed by atoms with E-state index in [1.165, 1.54) is 154 Å². The Morgan fingerprint density at radius 2 is 0.697 bits per heavy atom. The summed E-state index contributed by atoms with van der Waals surface area (Å²) in [6, 6.07) is 8.20. The second kappa shape index (κ2) is 23.0. The van der Waals surface area contributed by atoms with Crippen LogP contribution in [0, 0.1) is 6.07 Å². The van der Waals surface area contributed by atoms with Crippen molar-refractivity contribution in [2.24, 2.45) is 0 Å². The molecule has 191 valence electrons. The van der Waals surface area contributed by atoms with E-state index in [-0.39, 0.29) is 0 Å². The molecule has 0 fully saturated rings. The summed E-state index contributed by atoms with van der Waals surface area (Å²) in [6.07, 6.45) is 33.4. The Kier molecular flexibility index (Phi) is 21.1. The Morgan fingerprint density at radius 1 is 0.394 bits per heavy atom. The van der Waals surface area contributed by atoms with Crippen LogP contribution in [0.3, 0.4) is 0 Å². The lowest BCUT2D eigenvalue weighted by atomic mass is 9.90. The fourth-order valence-electron chi connectivity index (χ4n) is 5.19. The largest absolute Gasteiger partial charge is 0.0654 e. The number of hydrogen-bond acceptors (Lipinski definition) is 0. The summed E-state index contributed by atoms with van der Waals surface area (Å²) in [5.41, 5.74) is 4.99. The monoisotopic (exact) mass is 455 g/mol. The van der Waals surface area contributed by atoms with Gasteiger partial charge in [0.1, 0.15) is 0 Å². The molecule has 0 heterocycles. The van der Waals surface area contributed by atoms with Crippen molar-refractivity contribution < 1.29 is 0 Å². The Morgan fingerprint density at radius 3 is 1.06 bits per heavy atom. The molecule has 0 unspecified atom stereocenters. The summed E-state index contributed by atoms with van der Waals surface area (Å²) in [5, 5.41) is 0. The molecule has 1 aromatic carbocycles. The van der Waals surface area contributed by atoms with Gasteiger partial charge in [-0.3, -0.25) is 0 Å². The van der Waals surface area contributed by atoms with Crippen molar-refractivity contribution >= 4 is 0 Å². The fraction of sp³-hybridized carbons (Fsp3) is 0.818. The SMILES string of the molecule is CCCCCCCCCc1c[c]cc(CCCCCCCCC)c1CCCCCCCCC. The molecule has 0 spiro atoms. The van der Waals surface area contributed by atoms with Gasteiger partial charge in [0.25, 0.3) is 0 Å². The first-order chi connectivity index (χ1) is 16.3. The van der Waals surface area contributed by atoms with Crippen LogP contribution < -0.4 is 0 Å². The summed E-state index contributed by atoms with van der Waals surface area (Å²) in [4.78, 5) is 0. The van der Waals surface area contributed by atoms with Crippen molar-refractivity contribution in [3.05, 3.63) is 34.9 Å². The minimum absolute atomic E-state index is 1.28. The maximum absolute atomic E-state index is 3.53. The summed E-state index contributed by atoms with van der Waals surface area (Å²) in [7, 11) is 0. The Hall–Kier alpha value is -0.780. The highest BCUT2D eigenvalue weighted by Gasteiger charge is 2.09. The van der Waals surface area contributed by atoms with Gasteiger partial charge in [0.05, 0.1) is 0 Å². The van der Waals surface area contributed by atoms with Crippen LogP contribution in [-0.2, 0) is 19.3 Å². The molecule has 1 aromatic rings. The minimum atomic E-state index is 1.28. The first kappa shape index (κ1) is 30.3. The third kappa shape index (κ3) is 16.5. The van der Waals surface area contributed by atoms with Crippen LogP contribution in [0.25, 0.3) is 0 Å². The fourth-order valence-corrected chi connectivity index (χ4v) is 5.19. The number of aryl methyl sites for hydroxylation is 2. The third-order valence-electron chi connectivity index (χ3n) is 7.42. The smallest absolute Gasteiger partial charge is 0.0178 e. The first-order valence-corrected chi connectivity index (χ1v) is 15.3. The zero-order valence-electron chi connectivity index (χ0n) is 23.1. The van der Waals surface area contributed by atoms with E-state index in [9.17, 15) is 0 Å². The van der Waals surface area contributed by atoms with E-state index in [2.05, 4.69) is 39.0 Å². The zero-order valence-corrected chi connectivity index (χ0v) is 23.1. The summed E-state index contributed by atoms with van der Waals surface area (Å²) in [5.74, 6) is 0. The van der Waals surface area contributed by atoms with Gasteiger partial charge in [-0.1, -0.05) is 148 Å².